The number of carboxylic acids is 1. The summed E-state index contributed by atoms with van der Waals surface area (Å²) in [5.74, 6) is 0.347. The minimum Gasteiger partial charge on any atom is -0.476 e. The summed E-state index contributed by atoms with van der Waals surface area (Å²) in [6.07, 6.45) is 0.873. The second-order valence-electron chi connectivity index (χ2n) is 4.51. The molecule has 3 rings (SSSR count). The Balaban J connectivity index is 2.06. The van der Waals surface area contributed by atoms with Crippen LogP contribution in [0.5, 0.6) is 11.5 Å². The van der Waals surface area contributed by atoms with Gasteiger partial charge in [0.1, 0.15) is 0 Å². The van der Waals surface area contributed by atoms with Gasteiger partial charge in [0.25, 0.3) is 0 Å². The van der Waals surface area contributed by atoms with E-state index in [1.165, 1.54) is 0 Å². The summed E-state index contributed by atoms with van der Waals surface area (Å²) in [6.45, 7) is 2.90. The van der Waals surface area contributed by atoms with E-state index in [4.69, 9.17) is 14.6 Å². The fraction of sp³-hybridized carbons (Fsp3) is 0.286. The van der Waals surface area contributed by atoms with Crippen LogP contribution in [-0.4, -0.2) is 27.6 Å². The molecule has 0 radical (unpaired) electrons. The quantitative estimate of drug-likeness (QED) is 0.926. The van der Waals surface area contributed by atoms with Crippen LogP contribution in [0.1, 0.15) is 23.8 Å². The highest BCUT2D eigenvalue weighted by Crippen LogP contribution is 2.36. The van der Waals surface area contributed by atoms with Crippen LogP contribution in [0.25, 0.3) is 11.3 Å². The van der Waals surface area contributed by atoms with Gasteiger partial charge in [-0.3, -0.25) is 4.68 Å². The number of nitrogens with zero attached hydrogens (tertiary/aromatic N) is 2. The highest BCUT2D eigenvalue weighted by Gasteiger charge is 2.18. The first-order chi connectivity index (χ1) is 9.69. The van der Waals surface area contributed by atoms with Crippen molar-refractivity contribution in [2.75, 3.05) is 6.79 Å². The molecule has 1 aromatic carbocycles. The van der Waals surface area contributed by atoms with Crippen LogP contribution in [0.2, 0.25) is 0 Å². The summed E-state index contributed by atoms with van der Waals surface area (Å²) in [5.41, 5.74) is 1.68. The van der Waals surface area contributed by atoms with Crippen LogP contribution >= 0.6 is 0 Å². The van der Waals surface area contributed by atoms with Gasteiger partial charge in [-0.25, -0.2) is 4.79 Å². The van der Waals surface area contributed by atoms with E-state index in [2.05, 4.69) is 5.10 Å². The van der Waals surface area contributed by atoms with Gasteiger partial charge in [-0.2, -0.15) is 5.10 Å². The summed E-state index contributed by atoms with van der Waals surface area (Å²) in [4.78, 5) is 11.1. The standard InChI is InChI=1S/C14H14N2O4/c1-2-5-16-11(7-10(15-16)14(17)18)9-3-4-12-13(6-9)20-8-19-12/h3-4,6-7H,2,5,8H2,1H3,(H,17,18). The number of ether oxygens (including phenoxy) is 2. The molecule has 1 aromatic heterocycles. The van der Waals surface area contributed by atoms with Gasteiger partial charge in [-0.15, -0.1) is 0 Å². The fourth-order valence-corrected chi connectivity index (χ4v) is 2.19. The van der Waals surface area contributed by atoms with Crippen LogP contribution in [0, 0.1) is 0 Å². The Labute approximate surface area is 115 Å². The maximum absolute atomic E-state index is 11.1. The molecule has 0 amide bonds. The number of hydrogen-bond acceptors (Lipinski definition) is 4. The number of carbonyl (C=O) groups is 1. The molecule has 1 N–H and O–H groups in total. The zero-order valence-electron chi connectivity index (χ0n) is 11.0. The van der Waals surface area contributed by atoms with Gasteiger partial charge in [0.15, 0.2) is 17.2 Å². The topological polar surface area (TPSA) is 73.6 Å². The number of fused-ring (bicyclic) bond motifs is 1. The SMILES string of the molecule is CCCn1nc(C(=O)O)cc1-c1ccc2c(c1)OCO2. The van der Waals surface area contributed by atoms with Crippen LogP contribution in [0.4, 0.5) is 0 Å². The molecular formula is C14H14N2O4. The maximum Gasteiger partial charge on any atom is 0.356 e. The normalized spacial score (nSPS) is 12.7. The first-order valence-electron chi connectivity index (χ1n) is 6.40. The van der Waals surface area contributed by atoms with Gasteiger partial charge >= 0.3 is 5.97 Å². The number of aromatic carboxylic acids is 1. The van der Waals surface area contributed by atoms with E-state index < -0.39 is 5.97 Å². The Morgan fingerprint density at radius 1 is 1.35 bits per heavy atom. The number of aryl methyl sites for hydroxylation is 1. The van der Waals surface area contributed by atoms with E-state index >= 15 is 0 Å². The predicted molar refractivity (Wildman–Crippen MR) is 71.0 cm³/mol. The van der Waals surface area contributed by atoms with Crippen molar-refractivity contribution in [2.45, 2.75) is 19.9 Å². The van der Waals surface area contributed by atoms with Gasteiger partial charge in [0, 0.05) is 12.1 Å². The summed E-state index contributed by atoms with van der Waals surface area (Å²) in [7, 11) is 0. The smallest absolute Gasteiger partial charge is 0.356 e. The van der Waals surface area contributed by atoms with Crippen molar-refractivity contribution in [1.82, 2.24) is 9.78 Å². The van der Waals surface area contributed by atoms with Gasteiger partial charge in [-0.05, 0) is 30.7 Å². The minimum atomic E-state index is -1.03. The Morgan fingerprint density at radius 2 is 2.15 bits per heavy atom. The van der Waals surface area contributed by atoms with Gasteiger partial charge in [0.05, 0.1) is 5.69 Å². The van der Waals surface area contributed by atoms with Crippen molar-refractivity contribution < 1.29 is 19.4 Å². The third kappa shape index (κ3) is 2.09. The summed E-state index contributed by atoms with van der Waals surface area (Å²) in [5, 5.41) is 13.2. The summed E-state index contributed by atoms with van der Waals surface area (Å²) >= 11 is 0. The molecule has 20 heavy (non-hydrogen) atoms. The minimum absolute atomic E-state index is 0.0473. The van der Waals surface area contributed by atoms with Crippen molar-refractivity contribution in [3.63, 3.8) is 0 Å². The van der Waals surface area contributed by atoms with Crippen molar-refractivity contribution in [3.05, 3.63) is 30.0 Å². The second-order valence-corrected chi connectivity index (χ2v) is 4.51. The highest BCUT2D eigenvalue weighted by atomic mass is 16.7. The van der Waals surface area contributed by atoms with Crippen LogP contribution in [0.15, 0.2) is 24.3 Å². The molecule has 0 unspecified atom stereocenters. The predicted octanol–water partition coefficient (Wildman–Crippen LogP) is 2.39. The molecule has 1 aliphatic heterocycles. The molecule has 6 nitrogen and oxygen atoms in total. The number of rotatable bonds is 4. The average Bonchev–Trinajstić information content (AvgIpc) is 3.04. The number of aromatic nitrogens is 2. The van der Waals surface area contributed by atoms with Crippen molar-refractivity contribution >= 4 is 5.97 Å². The lowest BCUT2D eigenvalue weighted by atomic mass is 10.1. The van der Waals surface area contributed by atoms with Crippen LogP contribution in [0.3, 0.4) is 0 Å². The molecule has 0 bridgehead atoms. The molecule has 0 spiro atoms. The second kappa shape index (κ2) is 4.88. The molecule has 104 valence electrons. The van der Waals surface area contributed by atoms with Gasteiger partial charge in [-0.1, -0.05) is 6.92 Å². The Kier molecular flexibility index (Phi) is 3.06. The fourth-order valence-electron chi connectivity index (χ4n) is 2.19. The molecule has 0 aliphatic carbocycles. The van der Waals surface area contributed by atoms with E-state index in [-0.39, 0.29) is 12.5 Å². The molecule has 2 aromatic rings. The molecular weight excluding hydrogens is 260 g/mol. The first kappa shape index (κ1) is 12.5. The molecule has 0 fully saturated rings. The van der Waals surface area contributed by atoms with Gasteiger partial charge < -0.3 is 14.6 Å². The largest absolute Gasteiger partial charge is 0.476 e. The lowest BCUT2D eigenvalue weighted by Gasteiger charge is -2.06. The molecule has 1 aliphatic rings. The van der Waals surface area contributed by atoms with E-state index in [0.717, 1.165) is 17.7 Å². The Morgan fingerprint density at radius 3 is 2.90 bits per heavy atom. The molecule has 0 saturated carbocycles. The third-order valence-corrected chi connectivity index (χ3v) is 3.10. The van der Waals surface area contributed by atoms with Gasteiger partial charge in [0.2, 0.25) is 6.79 Å². The molecule has 0 atom stereocenters. The Hall–Kier alpha value is -2.50. The van der Waals surface area contributed by atoms with Crippen LogP contribution in [-0.2, 0) is 6.54 Å². The molecule has 6 heteroatoms. The highest BCUT2D eigenvalue weighted by molar-refractivity contribution is 5.87. The van der Waals surface area contributed by atoms with Crippen molar-refractivity contribution in [1.29, 1.82) is 0 Å². The van der Waals surface area contributed by atoms with E-state index in [0.29, 0.717) is 18.0 Å². The van der Waals surface area contributed by atoms with Crippen molar-refractivity contribution in [3.8, 4) is 22.8 Å². The summed E-state index contributed by atoms with van der Waals surface area (Å²) in [6, 6.07) is 7.12. The molecule has 2 heterocycles. The van der Waals surface area contributed by atoms with E-state index in [9.17, 15) is 4.79 Å². The summed E-state index contributed by atoms with van der Waals surface area (Å²) < 4.78 is 12.3. The van der Waals surface area contributed by atoms with E-state index in [1.54, 1.807) is 10.7 Å². The number of carboxylic acid groups (broad SMARTS) is 1. The Bertz CT molecular complexity index is 663. The molecule has 0 saturated heterocycles. The average molecular weight is 274 g/mol. The zero-order chi connectivity index (χ0) is 14.1. The zero-order valence-corrected chi connectivity index (χ0v) is 11.0. The lowest BCUT2D eigenvalue weighted by Crippen LogP contribution is -2.04. The first-order valence-corrected chi connectivity index (χ1v) is 6.40. The van der Waals surface area contributed by atoms with E-state index in [1.807, 2.05) is 25.1 Å². The lowest BCUT2D eigenvalue weighted by molar-refractivity contribution is 0.0689. The number of hydrogen-bond donors (Lipinski definition) is 1. The third-order valence-electron chi connectivity index (χ3n) is 3.10. The monoisotopic (exact) mass is 274 g/mol. The maximum atomic E-state index is 11.1. The number of benzene rings is 1. The van der Waals surface area contributed by atoms with Crippen molar-refractivity contribution in [2.24, 2.45) is 0 Å². The van der Waals surface area contributed by atoms with Crippen LogP contribution < -0.4 is 9.47 Å².